The summed E-state index contributed by atoms with van der Waals surface area (Å²) in [5, 5.41) is 8.46. The van der Waals surface area contributed by atoms with Crippen LogP contribution in [0, 0.1) is 11.3 Å². The Bertz CT molecular complexity index is 157. The summed E-state index contributed by atoms with van der Waals surface area (Å²) < 4.78 is -0.159. The van der Waals surface area contributed by atoms with Gasteiger partial charge in [0.1, 0.15) is 9.07 Å². The molecule has 0 rings (SSSR count). The largest absolute Gasteiger partial charge is 0.385 e. The van der Waals surface area contributed by atoms with Crippen LogP contribution in [0.3, 0.4) is 0 Å². The Balaban J connectivity index is 3.91. The number of thiocarbonyl (C=S) groups is 1. The first-order chi connectivity index (χ1) is 3.98. The third-order valence-corrected chi connectivity index (χ3v) is 1.68. The second kappa shape index (κ2) is 3.04. The molecule has 0 unspecified atom stereocenters. The summed E-state index contributed by atoms with van der Waals surface area (Å²) in [6, 6.07) is 2.07. The fraction of sp³-hybridized carbons (Fsp3) is 0.600. The van der Waals surface area contributed by atoms with Crippen LogP contribution in [0.15, 0.2) is 0 Å². The lowest BCUT2D eigenvalue weighted by atomic mass is 10.2. The highest BCUT2D eigenvalue weighted by Crippen LogP contribution is 2.22. The fourth-order valence-electron chi connectivity index (χ4n) is 0.274. The molecule has 0 saturated carbocycles. The number of thioether (sulfide) groups is 1. The van der Waals surface area contributed by atoms with E-state index in [1.54, 1.807) is 13.8 Å². The van der Waals surface area contributed by atoms with Crippen molar-refractivity contribution in [3.8, 4) is 6.07 Å². The van der Waals surface area contributed by atoms with Gasteiger partial charge in [0.2, 0.25) is 0 Å². The molecule has 0 heterocycles. The van der Waals surface area contributed by atoms with E-state index in [0.717, 1.165) is 0 Å². The highest BCUT2D eigenvalue weighted by atomic mass is 32.2. The molecule has 2 nitrogen and oxygen atoms in total. The van der Waals surface area contributed by atoms with Gasteiger partial charge in [0.05, 0.1) is 6.07 Å². The maximum atomic E-state index is 8.46. The van der Waals surface area contributed by atoms with Crippen LogP contribution in [0.25, 0.3) is 0 Å². The number of nitrogens with two attached hydrogens (primary N) is 1. The van der Waals surface area contributed by atoms with E-state index in [1.807, 2.05) is 0 Å². The molecule has 0 radical (unpaired) electrons. The molecule has 0 saturated heterocycles. The Morgan fingerprint density at radius 3 is 2.33 bits per heavy atom. The first kappa shape index (κ1) is 8.73. The van der Waals surface area contributed by atoms with E-state index in [4.69, 9.17) is 11.0 Å². The SMILES string of the molecule is CC(C)(C#N)SC(N)=S. The molecule has 2 N–H and O–H groups in total. The van der Waals surface area contributed by atoms with Crippen molar-refractivity contribution in [2.75, 3.05) is 0 Å². The lowest BCUT2D eigenvalue weighted by Gasteiger charge is -2.11. The first-order valence-electron chi connectivity index (χ1n) is 2.37. The third kappa shape index (κ3) is 4.25. The standard InChI is InChI=1S/C5H8N2S2/c1-5(2,3-6)9-4(7)8/h1-2H3,(H2,7,8). The van der Waals surface area contributed by atoms with E-state index in [9.17, 15) is 0 Å². The molecule has 0 atom stereocenters. The van der Waals surface area contributed by atoms with Crippen LogP contribution in [0.5, 0.6) is 0 Å². The molecule has 50 valence electrons. The molecule has 0 aliphatic rings. The molecule has 0 bridgehead atoms. The maximum Gasteiger partial charge on any atom is 0.132 e. The summed E-state index contributed by atoms with van der Waals surface area (Å²) in [5.41, 5.74) is 5.20. The van der Waals surface area contributed by atoms with Crippen LogP contribution in [0.1, 0.15) is 13.8 Å². The molecule has 9 heavy (non-hydrogen) atoms. The maximum absolute atomic E-state index is 8.46. The van der Waals surface area contributed by atoms with Crippen molar-refractivity contribution in [1.29, 1.82) is 5.26 Å². The van der Waals surface area contributed by atoms with E-state index < -0.39 is 4.75 Å². The number of hydrogen-bond donors (Lipinski definition) is 1. The lowest BCUT2D eigenvalue weighted by molar-refractivity contribution is 0.920. The zero-order chi connectivity index (χ0) is 7.49. The summed E-state index contributed by atoms with van der Waals surface area (Å²) in [7, 11) is 0. The van der Waals surface area contributed by atoms with Crippen LogP contribution in [0.4, 0.5) is 0 Å². The van der Waals surface area contributed by atoms with Gasteiger partial charge in [0, 0.05) is 0 Å². The van der Waals surface area contributed by atoms with Gasteiger partial charge in [-0.1, -0.05) is 24.0 Å². The average molecular weight is 160 g/mol. The summed E-state index contributed by atoms with van der Waals surface area (Å²) in [6.45, 7) is 3.55. The minimum atomic E-state index is -0.480. The predicted octanol–water partition coefficient (Wildman–Crippen LogP) is 1.27. The number of hydrogen-bond acceptors (Lipinski definition) is 3. The summed E-state index contributed by atoms with van der Waals surface area (Å²) in [4.78, 5) is 0. The Hall–Kier alpha value is -0.270. The van der Waals surface area contributed by atoms with Gasteiger partial charge in [-0.2, -0.15) is 5.26 Å². The third-order valence-electron chi connectivity index (χ3n) is 0.625. The monoisotopic (exact) mass is 160 g/mol. The van der Waals surface area contributed by atoms with Crippen molar-refractivity contribution in [3.05, 3.63) is 0 Å². The molecule has 0 aromatic carbocycles. The van der Waals surface area contributed by atoms with E-state index in [-0.39, 0.29) is 0 Å². The van der Waals surface area contributed by atoms with Gasteiger partial charge in [0.15, 0.2) is 0 Å². The van der Waals surface area contributed by atoms with Crippen molar-refractivity contribution < 1.29 is 0 Å². The van der Waals surface area contributed by atoms with E-state index >= 15 is 0 Å². The van der Waals surface area contributed by atoms with E-state index in [0.29, 0.717) is 4.32 Å². The molecule has 0 aliphatic heterocycles. The Morgan fingerprint density at radius 1 is 1.78 bits per heavy atom. The van der Waals surface area contributed by atoms with Crippen LogP contribution in [0.2, 0.25) is 0 Å². The molecule has 0 amide bonds. The highest BCUT2D eigenvalue weighted by Gasteiger charge is 2.17. The van der Waals surface area contributed by atoms with Crippen molar-refractivity contribution in [3.63, 3.8) is 0 Å². The van der Waals surface area contributed by atoms with E-state index in [2.05, 4.69) is 18.3 Å². The minimum Gasteiger partial charge on any atom is -0.385 e. The van der Waals surface area contributed by atoms with E-state index in [1.165, 1.54) is 11.8 Å². The molecule has 4 heteroatoms. The minimum absolute atomic E-state index is 0.321. The fourth-order valence-corrected chi connectivity index (χ4v) is 1.45. The first-order valence-corrected chi connectivity index (χ1v) is 3.60. The molecule has 0 fully saturated rings. The van der Waals surface area contributed by atoms with Gasteiger partial charge in [0.25, 0.3) is 0 Å². The number of rotatable bonds is 1. The summed E-state index contributed by atoms with van der Waals surface area (Å²) in [5.74, 6) is 0. The second-order valence-electron chi connectivity index (χ2n) is 2.04. The number of nitriles is 1. The van der Waals surface area contributed by atoms with Gasteiger partial charge < -0.3 is 5.73 Å². The average Bonchev–Trinajstić information content (AvgIpc) is 1.63. The van der Waals surface area contributed by atoms with Crippen molar-refractivity contribution in [2.24, 2.45) is 5.73 Å². The van der Waals surface area contributed by atoms with Crippen molar-refractivity contribution >= 4 is 28.3 Å². The van der Waals surface area contributed by atoms with Gasteiger partial charge in [-0.25, -0.2) is 0 Å². The van der Waals surface area contributed by atoms with Crippen LogP contribution < -0.4 is 5.73 Å². The van der Waals surface area contributed by atoms with Gasteiger partial charge in [-0.05, 0) is 13.8 Å². The van der Waals surface area contributed by atoms with Crippen LogP contribution in [-0.4, -0.2) is 9.07 Å². The smallest absolute Gasteiger partial charge is 0.132 e. The molecular formula is C5H8N2S2. The molecule has 0 spiro atoms. The predicted molar refractivity (Wildman–Crippen MR) is 44.1 cm³/mol. The lowest BCUT2D eigenvalue weighted by Crippen LogP contribution is -2.17. The normalized spacial score (nSPS) is 10.3. The van der Waals surface area contributed by atoms with Crippen molar-refractivity contribution in [1.82, 2.24) is 0 Å². The van der Waals surface area contributed by atoms with Gasteiger partial charge in [-0.15, -0.1) is 0 Å². The van der Waals surface area contributed by atoms with Crippen LogP contribution >= 0.6 is 24.0 Å². The van der Waals surface area contributed by atoms with Gasteiger partial charge in [-0.3, -0.25) is 0 Å². The number of nitrogens with zero attached hydrogens (tertiary/aromatic N) is 1. The second-order valence-corrected chi connectivity index (χ2v) is 4.41. The Morgan fingerprint density at radius 2 is 2.22 bits per heavy atom. The van der Waals surface area contributed by atoms with Crippen molar-refractivity contribution in [2.45, 2.75) is 18.6 Å². The quantitative estimate of drug-likeness (QED) is 0.587. The molecule has 0 aromatic rings. The summed E-state index contributed by atoms with van der Waals surface area (Å²) in [6.07, 6.45) is 0. The van der Waals surface area contributed by atoms with Gasteiger partial charge >= 0.3 is 0 Å². The zero-order valence-corrected chi connectivity index (χ0v) is 6.97. The highest BCUT2D eigenvalue weighted by molar-refractivity contribution is 8.23. The Labute approximate surface area is 64.4 Å². The zero-order valence-electron chi connectivity index (χ0n) is 5.34. The molecule has 0 aliphatic carbocycles. The Kier molecular flexibility index (Phi) is 2.95. The topological polar surface area (TPSA) is 49.8 Å². The molecular weight excluding hydrogens is 152 g/mol. The summed E-state index contributed by atoms with van der Waals surface area (Å²) >= 11 is 5.80. The molecule has 0 aromatic heterocycles. The van der Waals surface area contributed by atoms with Crippen LogP contribution in [-0.2, 0) is 0 Å².